The Morgan fingerprint density at radius 2 is 1.86 bits per heavy atom. The van der Waals surface area contributed by atoms with Gasteiger partial charge < -0.3 is 4.90 Å². The van der Waals surface area contributed by atoms with Crippen LogP contribution in [0.25, 0.3) is 0 Å². The van der Waals surface area contributed by atoms with Gasteiger partial charge in [0.1, 0.15) is 0 Å². The second-order valence-corrected chi connectivity index (χ2v) is 3.85. The Morgan fingerprint density at radius 1 is 1.29 bits per heavy atom. The summed E-state index contributed by atoms with van der Waals surface area (Å²) >= 11 is 5.62. The van der Waals surface area contributed by atoms with Crippen LogP contribution in [0.15, 0.2) is 0 Å². The van der Waals surface area contributed by atoms with Crippen LogP contribution in [0.1, 0.15) is 40.0 Å². The van der Waals surface area contributed by atoms with E-state index in [1.54, 1.807) is 0 Å². The maximum atomic E-state index is 11.9. The highest BCUT2D eigenvalue weighted by Gasteiger charge is 2.19. The zero-order valence-corrected chi connectivity index (χ0v) is 10.3. The Balaban J connectivity index is 4.13. The monoisotopic (exact) mass is 219 g/mol. The van der Waals surface area contributed by atoms with Crippen molar-refractivity contribution < 1.29 is 4.79 Å². The van der Waals surface area contributed by atoms with E-state index >= 15 is 0 Å². The first-order chi connectivity index (χ1) is 6.71. The van der Waals surface area contributed by atoms with Gasteiger partial charge in [-0.3, -0.25) is 4.79 Å². The summed E-state index contributed by atoms with van der Waals surface area (Å²) in [5.41, 5.74) is 0. The SMILES string of the molecule is CCC(CC)C(=O)N(CC)CCCCl. The van der Waals surface area contributed by atoms with Crippen LogP contribution in [0.5, 0.6) is 0 Å². The number of halogens is 1. The van der Waals surface area contributed by atoms with Gasteiger partial charge in [0.25, 0.3) is 0 Å². The predicted molar refractivity (Wildman–Crippen MR) is 61.7 cm³/mol. The molecule has 14 heavy (non-hydrogen) atoms. The molecule has 0 aliphatic heterocycles. The van der Waals surface area contributed by atoms with E-state index in [4.69, 9.17) is 11.6 Å². The van der Waals surface area contributed by atoms with Gasteiger partial charge in [0.05, 0.1) is 0 Å². The minimum absolute atomic E-state index is 0.199. The quantitative estimate of drug-likeness (QED) is 0.603. The Hall–Kier alpha value is -0.240. The van der Waals surface area contributed by atoms with Crippen molar-refractivity contribution in [3.05, 3.63) is 0 Å². The average molecular weight is 220 g/mol. The molecule has 0 heterocycles. The highest BCUT2D eigenvalue weighted by atomic mass is 35.5. The lowest BCUT2D eigenvalue weighted by atomic mass is 10.0. The van der Waals surface area contributed by atoms with Gasteiger partial charge in [0, 0.05) is 24.9 Å². The maximum absolute atomic E-state index is 11.9. The standard InChI is InChI=1S/C11H22ClNO/c1-4-10(5-2)11(14)13(6-3)9-7-8-12/h10H,4-9H2,1-3H3. The van der Waals surface area contributed by atoms with Gasteiger partial charge in [0.2, 0.25) is 5.91 Å². The first kappa shape index (κ1) is 13.8. The second-order valence-electron chi connectivity index (χ2n) is 3.47. The predicted octanol–water partition coefficient (Wildman–Crippen LogP) is 2.90. The lowest BCUT2D eigenvalue weighted by Gasteiger charge is -2.24. The van der Waals surface area contributed by atoms with E-state index in [0.717, 1.165) is 32.4 Å². The molecular weight excluding hydrogens is 198 g/mol. The zero-order valence-electron chi connectivity index (χ0n) is 9.55. The molecule has 0 aliphatic carbocycles. The van der Waals surface area contributed by atoms with E-state index in [-0.39, 0.29) is 5.92 Å². The fourth-order valence-electron chi connectivity index (χ4n) is 1.57. The molecule has 0 saturated heterocycles. The molecule has 0 aromatic carbocycles. The smallest absolute Gasteiger partial charge is 0.225 e. The van der Waals surface area contributed by atoms with Crippen LogP contribution in [-0.4, -0.2) is 29.8 Å². The van der Waals surface area contributed by atoms with Crippen molar-refractivity contribution in [3.8, 4) is 0 Å². The first-order valence-corrected chi connectivity index (χ1v) is 6.09. The van der Waals surface area contributed by atoms with Gasteiger partial charge >= 0.3 is 0 Å². The van der Waals surface area contributed by atoms with Crippen LogP contribution >= 0.6 is 11.6 Å². The molecule has 0 aromatic rings. The molecule has 0 aromatic heterocycles. The van der Waals surface area contributed by atoms with Gasteiger partial charge in [-0.1, -0.05) is 13.8 Å². The molecule has 1 amide bonds. The summed E-state index contributed by atoms with van der Waals surface area (Å²) in [5, 5.41) is 0. The molecule has 0 aliphatic rings. The summed E-state index contributed by atoms with van der Waals surface area (Å²) in [6.45, 7) is 7.76. The van der Waals surface area contributed by atoms with E-state index in [1.807, 2.05) is 11.8 Å². The summed E-state index contributed by atoms with van der Waals surface area (Å²) in [7, 11) is 0. The van der Waals surface area contributed by atoms with Crippen LogP contribution < -0.4 is 0 Å². The molecule has 0 unspecified atom stereocenters. The normalized spacial score (nSPS) is 10.6. The summed E-state index contributed by atoms with van der Waals surface area (Å²) in [6.07, 6.45) is 2.76. The van der Waals surface area contributed by atoms with Gasteiger partial charge in [-0.2, -0.15) is 0 Å². The molecule has 3 heteroatoms. The van der Waals surface area contributed by atoms with Gasteiger partial charge in [0.15, 0.2) is 0 Å². The lowest BCUT2D eigenvalue weighted by molar-refractivity contribution is -0.135. The van der Waals surface area contributed by atoms with Gasteiger partial charge in [-0.05, 0) is 26.2 Å². The molecule has 0 fully saturated rings. The third-order valence-corrected chi connectivity index (χ3v) is 2.86. The number of carbonyl (C=O) groups is 1. The van der Waals surface area contributed by atoms with Crippen molar-refractivity contribution in [3.63, 3.8) is 0 Å². The van der Waals surface area contributed by atoms with Crippen molar-refractivity contribution in [2.45, 2.75) is 40.0 Å². The van der Waals surface area contributed by atoms with E-state index < -0.39 is 0 Å². The average Bonchev–Trinajstić information content (AvgIpc) is 2.21. The molecule has 0 radical (unpaired) electrons. The molecule has 0 bridgehead atoms. The number of amides is 1. The Labute approximate surface area is 92.6 Å². The third kappa shape index (κ3) is 4.32. The minimum atomic E-state index is 0.199. The molecule has 0 atom stereocenters. The van der Waals surface area contributed by atoms with Crippen LogP contribution in [0.3, 0.4) is 0 Å². The summed E-state index contributed by atoms with van der Waals surface area (Å²) in [4.78, 5) is 13.8. The molecule has 0 saturated carbocycles. The Bertz CT molecular complexity index is 157. The second kappa shape index (κ2) is 8.10. The van der Waals surface area contributed by atoms with E-state index in [1.165, 1.54) is 0 Å². The Morgan fingerprint density at radius 3 is 2.21 bits per heavy atom. The topological polar surface area (TPSA) is 20.3 Å². The first-order valence-electron chi connectivity index (χ1n) is 5.55. The third-order valence-electron chi connectivity index (χ3n) is 2.59. The molecule has 0 N–H and O–H groups in total. The van der Waals surface area contributed by atoms with Crippen LogP contribution in [0, 0.1) is 5.92 Å². The maximum Gasteiger partial charge on any atom is 0.225 e. The van der Waals surface area contributed by atoms with Crippen molar-refractivity contribution >= 4 is 17.5 Å². The number of hydrogen-bond acceptors (Lipinski definition) is 1. The van der Waals surface area contributed by atoms with Gasteiger partial charge in [-0.15, -0.1) is 11.6 Å². The molecule has 0 spiro atoms. The van der Waals surface area contributed by atoms with Crippen LogP contribution in [-0.2, 0) is 4.79 Å². The number of nitrogens with zero attached hydrogens (tertiary/aromatic N) is 1. The molecular formula is C11H22ClNO. The Kier molecular flexibility index (Phi) is 7.96. The van der Waals surface area contributed by atoms with E-state index in [9.17, 15) is 4.79 Å². The lowest BCUT2D eigenvalue weighted by Crippen LogP contribution is -2.36. The number of hydrogen-bond donors (Lipinski definition) is 0. The fourth-order valence-corrected chi connectivity index (χ4v) is 1.69. The molecule has 0 rings (SSSR count). The zero-order chi connectivity index (χ0) is 11.0. The number of rotatable bonds is 7. The summed E-state index contributed by atoms with van der Waals surface area (Å²) in [6, 6.07) is 0. The van der Waals surface area contributed by atoms with E-state index in [2.05, 4.69) is 13.8 Å². The summed E-state index contributed by atoms with van der Waals surface area (Å²) in [5.74, 6) is 1.13. The minimum Gasteiger partial charge on any atom is -0.343 e. The molecule has 2 nitrogen and oxygen atoms in total. The fraction of sp³-hybridized carbons (Fsp3) is 0.909. The van der Waals surface area contributed by atoms with Crippen molar-refractivity contribution in [1.29, 1.82) is 0 Å². The van der Waals surface area contributed by atoms with Crippen LogP contribution in [0.4, 0.5) is 0 Å². The number of carbonyl (C=O) groups excluding carboxylic acids is 1. The molecule has 84 valence electrons. The van der Waals surface area contributed by atoms with Crippen molar-refractivity contribution in [1.82, 2.24) is 4.90 Å². The van der Waals surface area contributed by atoms with Gasteiger partial charge in [-0.25, -0.2) is 0 Å². The number of alkyl halides is 1. The van der Waals surface area contributed by atoms with E-state index in [0.29, 0.717) is 11.8 Å². The highest BCUT2D eigenvalue weighted by molar-refractivity contribution is 6.17. The van der Waals surface area contributed by atoms with Crippen molar-refractivity contribution in [2.75, 3.05) is 19.0 Å². The van der Waals surface area contributed by atoms with Crippen molar-refractivity contribution in [2.24, 2.45) is 5.92 Å². The highest BCUT2D eigenvalue weighted by Crippen LogP contribution is 2.12. The largest absolute Gasteiger partial charge is 0.343 e. The van der Waals surface area contributed by atoms with Crippen LogP contribution in [0.2, 0.25) is 0 Å². The summed E-state index contributed by atoms with van der Waals surface area (Å²) < 4.78 is 0.